The molecule has 0 bridgehead atoms. The zero-order chi connectivity index (χ0) is 17.2. The summed E-state index contributed by atoms with van der Waals surface area (Å²) in [6.07, 6.45) is 6.54. The van der Waals surface area contributed by atoms with E-state index in [1.807, 2.05) is 19.2 Å². The zero-order valence-electron chi connectivity index (χ0n) is 15.0. The van der Waals surface area contributed by atoms with E-state index in [4.69, 9.17) is 4.52 Å². The van der Waals surface area contributed by atoms with Crippen LogP contribution in [0.4, 0.5) is 5.82 Å². The highest BCUT2D eigenvalue weighted by Crippen LogP contribution is 2.36. The minimum absolute atomic E-state index is 0.263. The molecule has 0 saturated carbocycles. The lowest BCUT2D eigenvalue weighted by molar-refractivity contribution is 0.0958. The largest absolute Gasteiger partial charge is 0.373 e. The van der Waals surface area contributed by atoms with Crippen molar-refractivity contribution in [3.05, 3.63) is 24.2 Å². The minimum Gasteiger partial charge on any atom is -0.373 e. The molecule has 1 atom stereocenters. The van der Waals surface area contributed by atoms with Crippen molar-refractivity contribution in [2.24, 2.45) is 0 Å². The van der Waals surface area contributed by atoms with E-state index in [9.17, 15) is 0 Å². The Labute approximate surface area is 148 Å². The van der Waals surface area contributed by atoms with Gasteiger partial charge in [-0.1, -0.05) is 5.16 Å². The molecule has 0 unspecified atom stereocenters. The number of pyridine rings is 1. The second kappa shape index (κ2) is 7.09. The van der Waals surface area contributed by atoms with Gasteiger partial charge in [0.15, 0.2) is 0 Å². The molecule has 4 rings (SSSR count). The first kappa shape index (κ1) is 16.5. The van der Waals surface area contributed by atoms with Crippen molar-refractivity contribution in [1.29, 1.82) is 0 Å². The van der Waals surface area contributed by atoms with Gasteiger partial charge in [-0.05, 0) is 64.5 Å². The van der Waals surface area contributed by atoms with Gasteiger partial charge in [0.05, 0.1) is 6.04 Å². The maximum absolute atomic E-state index is 5.65. The Hall–Kier alpha value is -1.99. The molecule has 4 heterocycles. The summed E-state index contributed by atoms with van der Waals surface area (Å²) in [4.78, 5) is 14.0. The maximum atomic E-state index is 5.65. The van der Waals surface area contributed by atoms with Gasteiger partial charge in [0, 0.05) is 24.8 Å². The fraction of sp³-hybridized carbons (Fsp3) is 0.611. The molecule has 2 saturated heterocycles. The molecule has 0 amide bonds. The molecule has 0 spiro atoms. The topological polar surface area (TPSA) is 70.3 Å². The molecule has 25 heavy (non-hydrogen) atoms. The van der Waals surface area contributed by atoms with Crippen LogP contribution in [0.25, 0.3) is 11.4 Å². The first-order chi connectivity index (χ1) is 12.2. The number of piperidine rings is 1. The second-order valence-electron chi connectivity index (χ2n) is 7.07. The Morgan fingerprint density at radius 2 is 2.00 bits per heavy atom. The normalized spacial score (nSPS) is 23.2. The molecule has 2 fully saturated rings. The molecule has 0 aliphatic carbocycles. The van der Waals surface area contributed by atoms with Gasteiger partial charge < -0.3 is 14.7 Å². The number of hydrogen-bond acceptors (Lipinski definition) is 7. The van der Waals surface area contributed by atoms with E-state index in [0.29, 0.717) is 11.9 Å². The van der Waals surface area contributed by atoms with Gasteiger partial charge in [-0.15, -0.1) is 0 Å². The third-order valence-corrected chi connectivity index (χ3v) is 5.46. The molecular weight excluding hydrogens is 316 g/mol. The van der Waals surface area contributed by atoms with Gasteiger partial charge in [0.25, 0.3) is 0 Å². The Morgan fingerprint density at radius 1 is 1.16 bits per heavy atom. The van der Waals surface area contributed by atoms with E-state index in [-0.39, 0.29) is 6.04 Å². The van der Waals surface area contributed by atoms with E-state index in [1.165, 1.54) is 32.4 Å². The fourth-order valence-electron chi connectivity index (χ4n) is 3.98. The summed E-state index contributed by atoms with van der Waals surface area (Å²) in [6, 6.07) is 4.79. The van der Waals surface area contributed by atoms with Crippen molar-refractivity contribution in [1.82, 2.24) is 24.9 Å². The monoisotopic (exact) mass is 342 g/mol. The SMILES string of the molecule is CNc1ccc(-c2noc([C@@H]3CCCN3C3CCN(C)CC3)n2)cn1. The molecule has 0 radical (unpaired) electrons. The molecular formula is C18H26N6O. The second-order valence-corrected chi connectivity index (χ2v) is 7.07. The van der Waals surface area contributed by atoms with Gasteiger partial charge in [-0.2, -0.15) is 4.98 Å². The predicted octanol–water partition coefficient (Wildman–Crippen LogP) is 2.40. The third-order valence-electron chi connectivity index (χ3n) is 5.46. The number of aromatic nitrogens is 3. The van der Waals surface area contributed by atoms with Crippen molar-refractivity contribution >= 4 is 5.82 Å². The van der Waals surface area contributed by atoms with Crippen molar-refractivity contribution in [2.75, 3.05) is 39.0 Å². The van der Waals surface area contributed by atoms with Crippen LogP contribution in [0.1, 0.15) is 37.6 Å². The van der Waals surface area contributed by atoms with Gasteiger partial charge in [0.2, 0.25) is 11.7 Å². The number of anilines is 1. The van der Waals surface area contributed by atoms with E-state index in [1.54, 1.807) is 6.20 Å². The van der Waals surface area contributed by atoms with Crippen LogP contribution < -0.4 is 5.32 Å². The molecule has 2 aromatic heterocycles. The summed E-state index contributed by atoms with van der Waals surface area (Å²) in [5.74, 6) is 2.21. The summed E-state index contributed by atoms with van der Waals surface area (Å²) in [7, 11) is 4.06. The Balaban J connectivity index is 1.50. The van der Waals surface area contributed by atoms with Crippen LogP contribution in [0.2, 0.25) is 0 Å². The number of rotatable bonds is 4. The van der Waals surface area contributed by atoms with Crippen LogP contribution in [-0.4, -0.2) is 64.7 Å². The van der Waals surface area contributed by atoms with Crippen LogP contribution >= 0.6 is 0 Å². The Morgan fingerprint density at radius 3 is 2.72 bits per heavy atom. The minimum atomic E-state index is 0.263. The Bertz CT molecular complexity index is 692. The van der Waals surface area contributed by atoms with E-state index < -0.39 is 0 Å². The molecule has 7 nitrogen and oxygen atoms in total. The van der Waals surface area contributed by atoms with Crippen LogP contribution in [0.15, 0.2) is 22.9 Å². The first-order valence-corrected chi connectivity index (χ1v) is 9.16. The van der Waals surface area contributed by atoms with E-state index >= 15 is 0 Å². The molecule has 134 valence electrons. The van der Waals surface area contributed by atoms with Gasteiger partial charge in [-0.25, -0.2) is 4.98 Å². The van der Waals surface area contributed by atoms with Crippen molar-refractivity contribution in [3.63, 3.8) is 0 Å². The zero-order valence-corrected chi connectivity index (χ0v) is 15.0. The number of hydrogen-bond donors (Lipinski definition) is 1. The summed E-state index contributed by atoms with van der Waals surface area (Å²) in [5.41, 5.74) is 0.887. The molecule has 0 aromatic carbocycles. The van der Waals surface area contributed by atoms with Gasteiger partial charge >= 0.3 is 0 Å². The standard InChI is InChI=1S/C18H26N6O/c1-19-16-6-5-13(12-20-16)17-21-18(25-22-17)15-4-3-9-24(15)14-7-10-23(2)11-8-14/h5-6,12,14-15H,3-4,7-11H2,1-2H3,(H,19,20)/t15-/m0/s1. The maximum Gasteiger partial charge on any atom is 0.244 e. The van der Waals surface area contributed by atoms with Crippen molar-refractivity contribution < 1.29 is 4.52 Å². The quantitative estimate of drug-likeness (QED) is 0.915. The van der Waals surface area contributed by atoms with Crippen LogP contribution in [0.5, 0.6) is 0 Å². The van der Waals surface area contributed by atoms with Crippen molar-refractivity contribution in [2.45, 2.75) is 37.8 Å². The van der Waals surface area contributed by atoms with Crippen LogP contribution in [-0.2, 0) is 0 Å². The van der Waals surface area contributed by atoms with E-state index in [2.05, 4.69) is 37.3 Å². The lowest BCUT2D eigenvalue weighted by Gasteiger charge is -2.37. The highest BCUT2D eigenvalue weighted by Gasteiger charge is 2.36. The van der Waals surface area contributed by atoms with Gasteiger partial charge in [0.1, 0.15) is 5.82 Å². The third kappa shape index (κ3) is 3.39. The highest BCUT2D eigenvalue weighted by molar-refractivity contribution is 5.55. The summed E-state index contributed by atoms with van der Waals surface area (Å²) < 4.78 is 5.65. The fourth-order valence-corrected chi connectivity index (χ4v) is 3.98. The summed E-state index contributed by atoms with van der Waals surface area (Å²) >= 11 is 0. The molecule has 7 heteroatoms. The van der Waals surface area contributed by atoms with Crippen molar-refractivity contribution in [3.8, 4) is 11.4 Å². The first-order valence-electron chi connectivity index (χ1n) is 9.16. The number of nitrogens with zero attached hydrogens (tertiary/aromatic N) is 5. The summed E-state index contributed by atoms with van der Waals surface area (Å²) in [6.45, 7) is 3.48. The Kier molecular flexibility index (Phi) is 4.67. The average molecular weight is 342 g/mol. The molecule has 2 aliphatic rings. The lowest BCUT2D eigenvalue weighted by atomic mass is 10.0. The predicted molar refractivity (Wildman–Crippen MR) is 96.3 cm³/mol. The summed E-state index contributed by atoms with van der Waals surface area (Å²) in [5, 5.41) is 7.21. The van der Waals surface area contributed by atoms with E-state index in [0.717, 1.165) is 30.2 Å². The lowest BCUT2D eigenvalue weighted by Crippen LogP contribution is -2.43. The number of likely N-dealkylation sites (tertiary alicyclic amines) is 2. The smallest absolute Gasteiger partial charge is 0.244 e. The highest BCUT2D eigenvalue weighted by atomic mass is 16.5. The van der Waals surface area contributed by atoms with Crippen LogP contribution in [0, 0.1) is 0 Å². The number of nitrogens with one attached hydrogen (secondary N) is 1. The molecule has 2 aliphatic heterocycles. The molecule has 1 N–H and O–H groups in total. The van der Waals surface area contributed by atoms with Crippen LogP contribution in [0.3, 0.4) is 0 Å². The average Bonchev–Trinajstić information content (AvgIpc) is 3.31. The van der Waals surface area contributed by atoms with Gasteiger partial charge in [-0.3, -0.25) is 4.90 Å². The molecule has 2 aromatic rings.